The van der Waals surface area contributed by atoms with Crippen LogP contribution in [0.25, 0.3) is 0 Å². The topological polar surface area (TPSA) is 43.4 Å². The van der Waals surface area contributed by atoms with Crippen molar-refractivity contribution in [3.63, 3.8) is 0 Å². The van der Waals surface area contributed by atoms with E-state index < -0.39 is 11.9 Å². The molecule has 1 saturated carbocycles. The maximum Gasteiger partial charge on any atom is 0.317 e. The van der Waals surface area contributed by atoms with E-state index in [0.717, 1.165) is 10.0 Å². The molecule has 0 amide bonds. The summed E-state index contributed by atoms with van der Waals surface area (Å²) >= 11 is 15.0. The second-order valence-electron chi connectivity index (χ2n) is 5.51. The van der Waals surface area contributed by atoms with Crippen molar-refractivity contribution < 1.29 is 14.3 Å². The van der Waals surface area contributed by atoms with E-state index in [-0.39, 0.29) is 28.7 Å². The number of carbonyl (C=O) groups excluding carboxylic acids is 2. The second kappa shape index (κ2) is 8.32. The zero-order chi connectivity index (χ0) is 17.0. The summed E-state index contributed by atoms with van der Waals surface area (Å²) in [6.07, 6.45) is 2.51. The smallest absolute Gasteiger partial charge is 0.317 e. The summed E-state index contributed by atoms with van der Waals surface area (Å²) < 4.78 is 6.06. The largest absolute Gasteiger partial charge is 0.465 e. The summed E-state index contributed by atoms with van der Waals surface area (Å²) in [6, 6.07) is 7.84. The van der Waals surface area contributed by atoms with Crippen LogP contribution in [0.5, 0.6) is 0 Å². The predicted molar refractivity (Wildman–Crippen MR) is 94.5 cm³/mol. The van der Waals surface area contributed by atoms with Crippen molar-refractivity contribution in [3.05, 3.63) is 44.9 Å². The van der Waals surface area contributed by atoms with Crippen LogP contribution < -0.4 is 0 Å². The molecule has 0 bridgehead atoms. The van der Waals surface area contributed by atoms with Crippen LogP contribution in [0.2, 0.25) is 0 Å². The lowest BCUT2D eigenvalue weighted by molar-refractivity contribution is -0.154. The highest BCUT2D eigenvalue weighted by Crippen LogP contribution is 2.40. The highest BCUT2D eigenvalue weighted by Gasteiger charge is 2.41. The number of ketones is 1. The minimum Gasteiger partial charge on any atom is -0.465 e. The summed E-state index contributed by atoms with van der Waals surface area (Å²) in [4.78, 5) is 24.7. The normalized spacial score (nSPS) is 24.2. The molecule has 0 radical (unpaired) electrons. The highest BCUT2D eigenvalue weighted by molar-refractivity contribution is 9.10. The van der Waals surface area contributed by atoms with Gasteiger partial charge in [0.05, 0.1) is 6.61 Å². The zero-order valence-electron chi connectivity index (χ0n) is 12.6. The molecule has 0 unspecified atom stereocenters. The van der Waals surface area contributed by atoms with Crippen LogP contribution in [0.4, 0.5) is 0 Å². The molecule has 1 fully saturated rings. The van der Waals surface area contributed by atoms with Gasteiger partial charge in [0.25, 0.3) is 0 Å². The molecular formula is C17H17BrCl2O3. The van der Waals surface area contributed by atoms with Crippen molar-refractivity contribution in [1.29, 1.82) is 0 Å². The molecule has 6 heteroatoms. The van der Waals surface area contributed by atoms with Gasteiger partial charge in [-0.25, -0.2) is 0 Å². The van der Waals surface area contributed by atoms with Crippen LogP contribution in [-0.4, -0.2) is 18.4 Å². The van der Waals surface area contributed by atoms with Crippen LogP contribution in [0.3, 0.4) is 0 Å². The molecule has 124 valence electrons. The molecule has 3 nitrogen and oxygen atoms in total. The van der Waals surface area contributed by atoms with Crippen molar-refractivity contribution in [2.24, 2.45) is 11.8 Å². The Kier molecular flexibility index (Phi) is 6.69. The Labute approximate surface area is 154 Å². The van der Waals surface area contributed by atoms with E-state index in [1.54, 1.807) is 13.0 Å². The number of rotatable bonds is 4. The fourth-order valence-electron chi connectivity index (χ4n) is 3.04. The van der Waals surface area contributed by atoms with E-state index in [0.29, 0.717) is 12.8 Å². The SMILES string of the molecule is CCOC(=O)[C@@H]1C(=O)C[C@@H](c2cccc(Br)c2)C[C@H]1C=C(Cl)Cl. The van der Waals surface area contributed by atoms with Gasteiger partial charge >= 0.3 is 5.97 Å². The molecule has 3 atom stereocenters. The van der Waals surface area contributed by atoms with E-state index in [1.165, 1.54) is 0 Å². The van der Waals surface area contributed by atoms with Crippen LogP contribution in [0.1, 0.15) is 31.2 Å². The van der Waals surface area contributed by atoms with E-state index in [2.05, 4.69) is 15.9 Å². The first kappa shape index (κ1) is 18.5. The Morgan fingerprint density at radius 3 is 2.78 bits per heavy atom. The monoisotopic (exact) mass is 418 g/mol. The first-order chi connectivity index (χ1) is 10.9. The third-order valence-electron chi connectivity index (χ3n) is 3.98. The van der Waals surface area contributed by atoms with E-state index in [1.807, 2.05) is 24.3 Å². The Balaban J connectivity index is 2.29. The molecule has 0 aromatic heterocycles. The number of hydrogen-bond acceptors (Lipinski definition) is 3. The lowest BCUT2D eigenvalue weighted by Gasteiger charge is -2.32. The summed E-state index contributed by atoms with van der Waals surface area (Å²) in [7, 11) is 0. The minimum atomic E-state index is -0.828. The molecule has 0 aliphatic heterocycles. The Morgan fingerprint density at radius 2 is 2.17 bits per heavy atom. The van der Waals surface area contributed by atoms with Crippen molar-refractivity contribution in [3.8, 4) is 0 Å². The fraction of sp³-hybridized carbons (Fsp3) is 0.412. The van der Waals surface area contributed by atoms with Gasteiger partial charge in [-0.2, -0.15) is 0 Å². The second-order valence-corrected chi connectivity index (χ2v) is 7.43. The average Bonchev–Trinajstić information content (AvgIpc) is 2.46. The minimum absolute atomic E-state index is 0.0274. The fourth-order valence-corrected chi connectivity index (χ4v) is 3.78. The summed E-state index contributed by atoms with van der Waals surface area (Å²) in [5.74, 6) is -1.79. The number of esters is 1. The first-order valence-electron chi connectivity index (χ1n) is 7.40. The maximum atomic E-state index is 12.5. The number of halogens is 3. The van der Waals surface area contributed by atoms with Gasteiger partial charge in [-0.1, -0.05) is 51.3 Å². The number of Topliss-reactive ketones (excluding diaryl/α,β-unsaturated/α-hetero) is 1. The predicted octanol–water partition coefficient (Wildman–Crippen LogP) is 5.01. The van der Waals surface area contributed by atoms with Gasteiger partial charge in [-0.3, -0.25) is 9.59 Å². The molecule has 2 rings (SSSR count). The average molecular weight is 420 g/mol. The molecule has 0 N–H and O–H groups in total. The van der Waals surface area contributed by atoms with Gasteiger partial charge in [-0.15, -0.1) is 0 Å². The van der Waals surface area contributed by atoms with E-state index in [4.69, 9.17) is 27.9 Å². The molecule has 1 aliphatic carbocycles. The molecule has 0 heterocycles. The Morgan fingerprint density at radius 1 is 1.43 bits per heavy atom. The van der Waals surface area contributed by atoms with Crippen molar-refractivity contribution in [1.82, 2.24) is 0 Å². The van der Waals surface area contributed by atoms with Crippen molar-refractivity contribution >= 4 is 50.9 Å². The van der Waals surface area contributed by atoms with E-state index >= 15 is 0 Å². The van der Waals surface area contributed by atoms with Crippen LogP contribution in [0, 0.1) is 11.8 Å². The number of ether oxygens (including phenoxy) is 1. The lowest BCUT2D eigenvalue weighted by atomic mass is 9.71. The number of carbonyl (C=O) groups is 2. The summed E-state index contributed by atoms with van der Waals surface area (Å²) in [5, 5.41) is 0. The molecule has 1 aromatic carbocycles. The highest BCUT2D eigenvalue weighted by atomic mass is 79.9. The summed E-state index contributed by atoms with van der Waals surface area (Å²) in [6.45, 7) is 1.96. The lowest BCUT2D eigenvalue weighted by Crippen LogP contribution is -2.38. The Hall–Kier alpha value is -0.840. The van der Waals surface area contributed by atoms with Gasteiger partial charge < -0.3 is 4.74 Å². The molecule has 1 aromatic rings. The van der Waals surface area contributed by atoms with Gasteiger partial charge in [0.15, 0.2) is 0 Å². The number of benzene rings is 1. The third-order valence-corrected chi connectivity index (χ3v) is 4.73. The molecule has 0 spiro atoms. The molecule has 23 heavy (non-hydrogen) atoms. The van der Waals surface area contributed by atoms with Gasteiger partial charge in [0, 0.05) is 16.8 Å². The zero-order valence-corrected chi connectivity index (χ0v) is 15.7. The van der Waals surface area contributed by atoms with Gasteiger partial charge in [-0.05, 0) is 43.0 Å². The van der Waals surface area contributed by atoms with Crippen LogP contribution in [-0.2, 0) is 14.3 Å². The third kappa shape index (κ3) is 4.82. The Bertz CT molecular complexity index is 626. The molecule has 0 saturated heterocycles. The van der Waals surface area contributed by atoms with Crippen molar-refractivity contribution in [2.75, 3.05) is 6.61 Å². The molecular weight excluding hydrogens is 403 g/mol. The number of allylic oxidation sites excluding steroid dienone is 1. The molecule has 1 aliphatic rings. The van der Waals surface area contributed by atoms with Gasteiger partial charge in [0.1, 0.15) is 16.2 Å². The van der Waals surface area contributed by atoms with Crippen LogP contribution in [0.15, 0.2) is 39.3 Å². The van der Waals surface area contributed by atoms with Crippen LogP contribution >= 0.6 is 39.1 Å². The van der Waals surface area contributed by atoms with E-state index in [9.17, 15) is 9.59 Å². The maximum absolute atomic E-state index is 12.5. The summed E-state index contributed by atoms with van der Waals surface area (Å²) in [5.41, 5.74) is 1.05. The number of hydrogen-bond donors (Lipinski definition) is 0. The first-order valence-corrected chi connectivity index (χ1v) is 8.95. The quantitative estimate of drug-likeness (QED) is 0.508. The standard InChI is InChI=1S/C17H17BrCl2O3/c1-2-23-17(22)16-12(9-15(19)20)6-11(8-14(16)21)10-4-3-5-13(18)7-10/h3-5,7,9,11-12,16H,2,6,8H2,1H3/t11-,12-,16-/m0/s1. The van der Waals surface area contributed by atoms with Crippen molar-refractivity contribution in [2.45, 2.75) is 25.7 Å². The van der Waals surface area contributed by atoms with Gasteiger partial charge in [0.2, 0.25) is 0 Å².